The summed E-state index contributed by atoms with van der Waals surface area (Å²) in [6.45, 7) is 5.93. The first kappa shape index (κ1) is 24.6. The van der Waals surface area contributed by atoms with Crippen LogP contribution < -0.4 is 10.6 Å². The molecule has 9 nitrogen and oxygen atoms in total. The number of rotatable bonds is 6. The lowest BCUT2D eigenvalue weighted by atomic mass is 10.1. The molecule has 1 unspecified atom stereocenters. The van der Waals surface area contributed by atoms with Gasteiger partial charge >= 0.3 is 5.92 Å². The summed E-state index contributed by atoms with van der Waals surface area (Å²) in [5.74, 6) is -3.60. The molecule has 0 saturated carbocycles. The number of nitrogens with zero attached hydrogens (tertiary/aromatic N) is 5. The number of halogens is 2. The first-order valence-electron chi connectivity index (χ1n) is 11.1. The fourth-order valence-electron chi connectivity index (χ4n) is 3.72. The van der Waals surface area contributed by atoms with Crippen molar-refractivity contribution in [3.63, 3.8) is 0 Å². The summed E-state index contributed by atoms with van der Waals surface area (Å²) in [5.41, 5.74) is 2.85. The number of pyridine rings is 2. The largest absolute Gasteiger partial charge is 0.369 e. The number of aromatic nitrogens is 4. The van der Waals surface area contributed by atoms with E-state index in [0.717, 1.165) is 25.7 Å². The first-order valence-corrected chi connectivity index (χ1v) is 11.1. The number of nitrogens with one attached hydrogen (secondary N) is 2. The molecule has 3 aromatic heterocycles. The molecule has 1 fully saturated rings. The van der Waals surface area contributed by atoms with Crippen LogP contribution in [0.2, 0.25) is 0 Å². The van der Waals surface area contributed by atoms with Gasteiger partial charge in [0.25, 0.3) is 0 Å². The van der Waals surface area contributed by atoms with Crippen LogP contribution in [0.25, 0.3) is 11.3 Å². The van der Waals surface area contributed by atoms with Crippen LogP contribution in [-0.4, -0.2) is 57.5 Å². The van der Waals surface area contributed by atoms with Crippen molar-refractivity contribution in [1.29, 1.82) is 0 Å². The molecule has 11 heteroatoms. The van der Waals surface area contributed by atoms with Crippen LogP contribution in [0, 0.1) is 6.92 Å². The second-order valence-corrected chi connectivity index (χ2v) is 8.60. The molecule has 1 aliphatic rings. The van der Waals surface area contributed by atoms with Gasteiger partial charge in [0.1, 0.15) is 17.7 Å². The lowest BCUT2D eigenvalue weighted by molar-refractivity contribution is -0.114. The summed E-state index contributed by atoms with van der Waals surface area (Å²) < 4.78 is 33.7. The molecule has 3 aromatic rings. The summed E-state index contributed by atoms with van der Waals surface area (Å²) >= 11 is 0. The van der Waals surface area contributed by atoms with Crippen LogP contribution in [0.4, 0.5) is 26.1 Å². The van der Waals surface area contributed by atoms with E-state index in [2.05, 4.69) is 30.5 Å². The second kappa shape index (κ2) is 9.96. The van der Waals surface area contributed by atoms with E-state index in [-0.39, 0.29) is 17.8 Å². The number of hydrogen-bond acceptors (Lipinski definition) is 8. The highest BCUT2D eigenvalue weighted by atomic mass is 19.3. The Hall–Kier alpha value is -3.57. The Bertz CT molecular complexity index is 1230. The molecule has 0 spiro atoms. The second-order valence-electron chi connectivity index (χ2n) is 8.60. The Morgan fingerprint density at radius 1 is 1.20 bits per heavy atom. The SMILES string of the molecule is CC(=O)Nc1cc(Nc2cc(C)nc(C(C)(F)F)n2)c(-c2cccc(C3CN(C)CCO3)n2)cn1. The topological polar surface area (TPSA) is 105 Å². The van der Waals surface area contributed by atoms with Gasteiger partial charge in [0, 0.05) is 56.5 Å². The molecule has 2 N–H and O–H groups in total. The minimum Gasteiger partial charge on any atom is -0.369 e. The van der Waals surface area contributed by atoms with Crippen LogP contribution in [0.5, 0.6) is 0 Å². The Morgan fingerprint density at radius 2 is 2.00 bits per heavy atom. The smallest absolute Gasteiger partial charge is 0.303 e. The molecule has 1 saturated heterocycles. The Labute approximate surface area is 202 Å². The highest BCUT2D eigenvalue weighted by molar-refractivity contribution is 5.89. The Balaban J connectivity index is 1.74. The number of carbonyl (C=O) groups excluding carboxylic acids is 1. The van der Waals surface area contributed by atoms with Crippen LogP contribution in [0.3, 0.4) is 0 Å². The van der Waals surface area contributed by atoms with Gasteiger partial charge in [-0.15, -0.1) is 0 Å². The summed E-state index contributed by atoms with van der Waals surface area (Å²) in [4.78, 5) is 30.7. The molecule has 1 amide bonds. The summed E-state index contributed by atoms with van der Waals surface area (Å²) in [6.07, 6.45) is 1.40. The van der Waals surface area contributed by atoms with Gasteiger partial charge in [-0.05, 0) is 26.1 Å². The zero-order chi connectivity index (χ0) is 25.2. The molecule has 4 heterocycles. The Kier molecular flexibility index (Phi) is 6.99. The fourth-order valence-corrected chi connectivity index (χ4v) is 3.72. The molecule has 35 heavy (non-hydrogen) atoms. The number of aryl methyl sites for hydroxylation is 1. The van der Waals surface area contributed by atoms with Gasteiger partial charge in [0.2, 0.25) is 11.7 Å². The summed E-state index contributed by atoms with van der Waals surface area (Å²) in [6, 6.07) is 8.78. The maximum Gasteiger partial charge on any atom is 0.303 e. The van der Waals surface area contributed by atoms with E-state index >= 15 is 0 Å². The molecular weight excluding hydrogens is 456 g/mol. The number of hydrogen-bond donors (Lipinski definition) is 2. The van der Waals surface area contributed by atoms with E-state index < -0.39 is 11.7 Å². The van der Waals surface area contributed by atoms with E-state index in [1.807, 2.05) is 25.2 Å². The van der Waals surface area contributed by atoms with E-state index in [1.165, 1.54) is 6.92 Å². The average Bonchev–Trinajstić information content (AvgIpc) is 2.78. The van der Waals surface area contributed by atoms with Crippen molar-refractivity contribution in [2.45, 2.75) is 32.8 Å². The third-order valence-electron chi connectivity index (χ3n) is 5.36. The number of morpholine rings is 1. The highest BCUT2D eigenvalue weighted by Crippen LogP contribution is 2.33. The van der Waals surface area contributed by atoms with E-state index in [1.54, 1.807) is 25.3 Å². The number of ether oxygens (including phenoxy) is 1. The minimum atomic E-state index is -3.20. The predicted octanol–water partition coefficient (Wildman–Crippen LogP) is 4.06. The molecule has 0 bridgehead atoms. The molecular formula is C24H27F2N7O2. The molecule has 184 valence electrons. The van der Waals surface area contributed by atoms with Gasteiger partial charge < -0.3 is 20.3 Å². The molecule has 0 aliphatic carbocycles. The number of alkyl halides is 2. The first-order chi connectivity index (χ1) is 16.6. The molecule has 1 aliphatic heterocycles. The predicted molar refractivity (Wildman–Crippen MR) is 128 cm³/mol. The van der Waals surface area contributed by atoms with Gasteiger partial charge in [-0.2, -0.15) is 8.78 Å². The maximum atomic E-state index is 13.9. The number of carbonyl (C=O) groups is 1. The quantitative estimate of drug-likeness (QED) is 0.541. The van der Waals surface area contributed by atoms with Gasteiger partial charge in [-0.3, -0.25) is 4.79 Å². The van der Waals surface area contributed by atoms with Crippen LogP contribution >= 0.6 is 0 Å². The van der Waals surface area contributed by atoms with E-state index in [0.29, 0.717) is 35.1 Å². The van der Waals surface area contributed by atoms with Crippen molar-refractivity contribution in [3.05, 3.63) is 53.7 Å². The van der Waals surface area contributed by atoms with Crippen molar-refractivity contribution in [3.8, 4) is 11.3 Å². The highest BCUT2D eigenvalue weighted by Gasteiger charge is 2.29. The van der Waals surface area contributed by atoms with Gasteiger partial charge in [0.15, 0.2) is 0 Å². The number of likely N-dealkylation sites (N-methyl/N-ethyl adjacent to an activating group) is 1. The minimum absolute atomic E-state index is 0.171. The lowest BCUT2D eigenvalue weighted by Gasteiger charge is -2.29. The van der Waals surface area contributed by atoms with E-state index in [9.17, 15) is 13.6 Å². The Morgan fingerprint density at radius 3 is 2.71 bits per heavy atom. The third-order valence-corrected chi connectivity index (χ3v) is 5.36. The third kappa shape index (κ3) is 6.11. The zero-order valence-electron chi connectivity index (χ0n) is 20.0. The number of amides is 1. The molecule has 0 aromatic carbocycles. The fraction of sp³-hybridized carbons (Fsp3) is 0.375. The average molecular weight is 484 g/mol. The van der Waals surface area contributed by atoms with Crippen LogP contribution in [0.15, 0.2) is 36.5 Å². The molecule has 0 radical (unpaired) electrons. The van der Waals surface area contributed by atoms with Crippen molar-refractivity contribution < 1.29 is 18.3 Å². The van der Waals surface area contributed by atoms with Crippen molar-refractivity contribution in [2.24, 2.45) is 0 Å². The van der Waals surface area contributed by atoms with Crippen molar-refractivity contribution in [1.82, 2.24) is 24.8 Å². The maximum absolute atomic E-state index is 13.9. The number of anilines is 3. The van der Waals surface area contributed by atoms with Crippen LogP contribution in [-0.2, 0) is 15.5 Å². The summed E-state index contributed by atoms with van der Waals surface area (Å²) in [5, 5.41) is 5.72. The zero-order valence-corrected chi connectivity index (χ0v) is 20.0. The van der Waals surface area contributed by atoms with Crippen molar-refractivity contribution >= 4 is 23.2 Å². The van der Waals surface area contributed by atoms with Gasteiger partial charge in [-0.25, -0.2) is 19.9 Å². The van der Waals surface area contributed by atoms with E-state index in [4.69, 9.17) is 9.72 Å². The van der Waals surface area contributed by atoms with Crippen LogP contribution in [0.1, 0.15) is 37.2 Å². The molecule has 4 rings (SSSR count). The van der Waals surface area contributed by atoms with Crippen molar-refractivity contribution in [2.75, 3.05) is 37.4 Å². The van der Waals surface area contributed by atoms with Gasteiger partial charge in [0.05, 0.1) is 23.7 Å². The molecule has 1 atom stereocenters. The monoisotopic (exact) mass is 483 g/mol. The van der Waals surface area contributed by atoms with Gasteiger partial charge in [-0.1, -0.05) is 6.07 Å². The normalized spacial score (nSPS) is 16.7. The summed E-state index contributed by atoms with van der Waals surface area (Å²) in [7, 11) is 2.03. The lowest BCUT2D eigenvalue weighted by Crippen LogP contribution is -2.35. The standard InChI is InChI=1S/C24H27F2N7O2/c1-14-10-22(32-23(28-14)24(3,25)26)31-19-11-21(29-15(2)34)27-12-16(19)17-6-5-7-18(30-17)20-13-33(4)8-9-35-20/h5-7,10-12,20H,8-9,13H2,1-4H3,(H2,27,28,29,31,32,34).